The third kappa shape index (κ3) is 4.66. The van der Waals surface area contributed by atoms with Gasteiger partial charge in [0.25, 0.3) is 5.91 Å². The number of carbonyl (C=O) groups is 2. The molecule has 0 spiro atoms. The summed E-state index contributed by atoms with van der Waals surface area (Å²) in [6.45, 7) is 2.63. The lowest BCUT2D eigenvalue weighted by Crippen LogP contribution is -2.31. The first-order chi connectivity index (χ1) is 16.6. The van der Waals surface area contributed by atoms with Gasteiger partial charge in [-0.2, -0.15) is 0 Å². The predicted octanol–water partition coefficient (Wildman–Crippen LogP) is 4.21. The van der Waals surface area contributed by atoms with Crippen molar-refractivity contribution in [2.45, 2.75) is 38.6 Å². The highest BCUT2D eigenvalue weighted by Crippen LogP contribution is 2.31. The van der Waals surface area contributed by atoms with Crippen LogP contribution in [0.3, 0.4) is 0 Å². The number of carbonyl (C=O) groups excluding carboxylic acids is 2. The largest absolute Gasteiger partial charge is 0.342 e. The third-order valence-corrected chi connectivity index (χ3v) is 6.08. The van der Waals surface area contributed by atoms with Crippen LogP contribution in [0.5, 0.6) is 0 Å². The molecular weight excluding hydrogens is 428 g/mol. The van der Waals surface area contributed by atoms with Crippen molar-refractivity contribution in [1.82, 2.24) is 24.8 Å². The van der Waals surface area contributed by atoms with Gasteiger partial charge in [-0.3, -0.25) is 9.59 Å². The van der Waals surface area contributed by atoms with Gasteiger partial charge in [0.15, 0.2) is 0 Å². The van der Waals surface area contributed by atoms with E-state index in [1.165, 1.54) is 0 Å². The number of benzene rings is 1. The molecule has 0 radical (unpaired) electrons. The van der Waals surface area contributed by atoms with Crippen LogP contribution in [-0.4, -0.2) is 43.2 Å². The first-order valence-corrected chi connectivity index (χ1v) is 11.5. The number of amides is 2. The van der Waals surface area contributed by atoms with Crippen LogP contribution in [0.4, 0.5) is 5.82 Å². The molecule has 0 bridgehead atoms. The molecule has 2 N–H and O–H groups in total. The van der Waals surface area contributed by atoms with E-state index in [9.17, 15) is 9.59 Å². The Balaban J connectivity index is 1.25. The van der Waals surface area contributed by atoms with E-state index in [4.69, 9.17) is 0 Å². The number of hydrogen-bond donors (Lipinski definition) is 2. The van der Waals surface area contributed by atoms with Crippen LogP contribution >= 0.6 is 0 Å². The second-order valence-electron chi connectivity index (χ2n) is 8.57. The molecule has 1 aromatic carbocycles. The minimum atomic E-state index is -0.320. The lowest BCUT2D eigenvalue weighted by atomic mass is 10.1. The van der Waals surface area contributed by atoms with Gasteiger partial charge in [-0.25, -0.2) is 15.0 Å². The van der Waals surface area contributed by atoms with Gasteiger partial charge in [-0.1, -0.05) is 24.3 Å². The number of aromatic nitrogens is 4. The number of fused-ring (bicyclic) bond motifs is 1. The molecule has 2 amide bonds. The summed E-state index contributed by atoms with van der Waals surface area (Å²) in [7, 11) is 0. The number of hydrogen-bond acceptors (Lipinski definition) is 5. The van der Waals surface area contributed by atoms with E-state index in [1.54, 1.807) is 18.3 Å². The van der Waals surface area contributed by atoms with Crippen molar-refractivity contribution in [3.05, 3.63) is 83.6 Å². The van der Waals surface area contributed by atoms with Gasteiger partial charge >= 0.3 is 0 Å². The highest BCUT2D eigenvalue weighted by atomic mass is 16.2. The van der Waals surface area contributed by atoms with Crippen molar-refractivity contribution in [2.24, 2.45) is 0 Å². The van der Waals surface area contributed by atoms with Crippen molar-refractivity contribution >= 4 is 28.7 Å². The molecule has 1 aliphatic heterocycles. The van der Waals surface area contributed by atoms with E-state index in [2.05, 4.69) is 25.3 Å². The minimum Gasteiger partial charge on any atom is -0.342 e. The number of aryl methyl sites for hydroxylation is 2. The molecular formula is C26H26N6O2. The summed E-state index contributed by atoms with van der Waals surface area (Å²) in [6, 6.07) is 16.7. The summed E-state index contributed by atoms with van der Waals surface area (Å²) < 4.78 is 0. The first-order valence-electron chi connectivity index (χ1n) is 11.5. The monoisotopic (exact) mass is 454 g/mol. The molecule has 1 saturated heterocycles. The number of rotatable bonds is 6. The lowest BCUT2D eigenvalue weighted by Gasteiger charge is -2.24. The molecule has 8 heteroatoms. The summed E-state index contributed by atoms with van der Waals surface area (Å²) in [5.74, 6) is 1.04. The molecule has 8 nitrogen and oxygen atoms in total. The molecule has 172 valence electrons. The van der Waals surface area contributed by atoms with Gasteiger partial charge in [0.1, 0.15) is 17.3 Å². The van der Waals surface area contributed by atoms with Crippen molar-refractivity contribution in [1.29, 1.82) is 0 Å². The summed E-state index contributed by atoms with van der Waals surface area (Å²) >= 11 is 0. The average Bonchev–Trinajstić information content (AvgIpc) is 3.51. The Morgan fingerprint density at radius 3 is 2.79 bits per heavy atom. The maximum Gasteiger partial charge on any atom is 0.275 e. The van der Waals surface area contributed by atoms with E-state index < -0.39 is 0 Å². The van der Waals surface area contributed by atoms with Crippen LogP contribution in [-0.2, 0) is 11.2 Å². The molecule has 4 aromatic rings. The third-order valence-electron chi connectivity index (χ3n) is 6.08. The fourth-order valence-corrected chi connectivity index (χ4v) is 4.35. The van der Waals surface area contributed by atoms with E-state index in [0.29, 0.717) is 30.9 Å². The fraction of sp³-hybridized carbons (Fsp3) is 0.269. The Morgan fingerprint density at radius 2 is 1.97 bits per heavy atom. The van der Waals surface area contributed by atoms with E-state index in [-0.39, 0.29) is 17.9 Å². The number of pyridine rings is 2. The zero-order valence-corrected chi connectivity index (χ0v) is 19.0. The molecule has 1 fully saturated rings. The average molecular weight is 455 g/mol. The fourth-order valence-electron chi connectivity index (χ4n) is 4.35. The molecule has 4 heterocycles. The number of aromatic amines is 1. The van der Waals surface area contributed by atoms with Gasteiger partial charge in [-0.15, -0.1) is 0 Å². The molecule has 3 aromatic heterocycles. The van der Waals surface area contributed by atoms with Gasteiger partial charge in [-0.05, 0) is 55.7 Å². The first kappa shape index (κ1) is 21.8. The number of para-hydroxylation sites is 2. The highest BCUT2D eigenvalue weighted by Gasteiger charge is 2.31. The van der Waals surface area contributed by atoms with Gasteiger partial charge in [0, 0.05) is 25.6 Å². The Labute approximate surface area is 197 Å². The topological polar surface area (TPSA) is 104 Å². The number of nitrogens with zero attached hydrogens (tertiary/aromatic N) is 4. The maximum absolute atomic E-state index is 13.1. The predicted molar refractivity (Wildman–Crippen MR) is 129 cm³/mol. The molecule has 0 saturated carbocycles. The molecule has 1 unspecified atom stereocenters. The van der Waals surface area contributed by atoms with E-state index in [0.717, 1.165) is 41.0 Å². The van der Waals surface area contributed by atoms with Gasteiger partial charge in [0.05, 0.1) is 22.8 Å². The summed E-state index contributed by atoms with van der Waals surface area (Å²) in [5, 5.41) is 2.78. The van der Waals surface area contributed by atoms with Crippen LogP contribution in [0.2, 0.25) is 0 Å². The van der Waals surface area contributed by atoms with E-state index in [1.807, 2.05) is 54.3 Å². The SMILES string of the molecule is Cc1ccc(NC(=O)c2cccc(C3CCCN3C(=O)CCc3nc4ccccc4[nH]3)n2)nc1. The molecule has 1 atom stereocenters. The highest BCUT2D eigenvalue weighted by molar-refractivity contribution is 6.02. The number of imidazole rings is 1. The van der Waals surface area contributed by atoms with Crippen molar-refractivity contribution < 1.29 is 9.59 Å². The number of H-pyrrole nitrogens is 1. The maximum atomic E-state index is 13.1. The zero-order chi connectivity index (χ0) is 23.5. The Kier molecular flexibility index (Phi) is 6.03. The van der Waals surface area contributed by atoms with Gasteiger partial charge in [0.2, 0.25) is 5.91 Å². The van der Waals surface area contributed by atoms with Gasteiger partial charge < -0.3 is 15.2 Å². The summed E-state index contributed by atoms with van der Waals surface area (Å²) in [6.07, 6.45) is 4.36. The second-order valence-corrected chi connectivity index (χ2v) is 8.57. The Morgan fingerprint density at radius 1 is 1.09 bits per heavy atom. The normalized spacial score (nSPS) is 15.6. The van der Waals surface area contributed by atoms with Crippen LogP contribution in [0.25, 0.3) is 11.0 Å². The van der Waals surface area contributed by atoms with E-state index >= 15 is 0 Å². The number of nitrogens with one attached hydrogen (secondary N) is 2. The van der Waals surface area contributed by atoms with Crippen LogP contribution in [0.1, 0.15) is 52.9 Å². The Hall–Kier alpha value is -4.07. The number of likely N-dealkylation sites (tertiary alicyclic amines) is 1. The quantitative estimate of drug-likeness (QED) is 0.454. The minimum absolute atomic E-state index is 0.0727. The molecule has 1 aliphatic rings. The van der Waals surface area contributed by atoms with Crippen molar-refractivity contribution in [3.8, 4) is 0 Å². The van der Waals surface area contributed by atoms with Crippen LogP contribution in [0.15, 0.2) is 60.8 Å². The van der Waals surface area contributed by atoms with Crippen LogP contribution < -0.4 is 5.32 Å². The summed E-state index contributed by atoms with van der Waals surface area (Å²) in [4.78, 5) is 44.3. The van der Waals surface area contributed by atoms with Crippen molar-refractivity contribution in [3.63, 3.8) is 0 Å². The molecule has 5 rings (SSSR count). The van der Waals surface area contributed by atoms with Crippen molar-refractivity contribution in [2.75, 3.05) is 11.9 Å². The van der Waals surface area contributed by atoms with Crippen LogP contribution in [0, 0.1) is 6.92 Å². The lowest BCUT2D eigenvalue weighted by molar-refractivity contribution is -0.132. The summed E-state index contributed by atoms with van der Waals surface area (Å²) in [5.41, 5.74) is 3.94. The Bertz CT molecular complexity index is 1300. The molecule has 34 heavy (non-hydrogen) atoms. The zero-order valence-electron chi connectivity index (χ0n) is 19.0. The number of anilines is 1. The molecule has 0 aliphatic carbocycles. The standard InChI is InChI=1S/C26H26N6O2/c1-17-11-12-23(27-16-17)31-26(34)21-9-4-8-20(28-21)22-10-5-15-32(22)25(33)14-13-24-29-18-6-2-3-7-19(18)30-24/h2-4,6-9,11-12,16,22H,5,10,13-15H2,1H3,(H,29,30)(H,27,31,34). The smallest absolute Gasteiger partial charge is 0.275 e. The second kappa shape index (κ2) is 9.43.